The third kappa shape index (κ3) is 6.37. The van der Waals surface area contributed by atoms with Crippen molar-refractivity contribution in [1.29, 1.82) is 0 Å². The van der Waals surface area contributed by atoms with Gasteiger partial charge in [0.15, 0.2) is 0 Å². The first-order valence-corrected chi connectivity index (χ1v) is 9.73. The van der Waals surface area contributed by atoms with E-state index in [1.165, 1.54) is 20.8 Å². The van der Waals surface area contributed by atoms with Gasteiger partial charge in [-0.25, -0.2) is 0 Å². The monoisotopic (exact) mass is 410 g/mol. The number of hydrogen-bond acceptors (Lipinski definition) is 6. The molecule has 0 saturated carbocycles. The van der Waals surface area contributed by atoms with Crippen molar-refractivity contribution in [2.24, 2.45) is 17.8 Å². The van der Waals surface area contributed by atoms with Crippen LogP contribution in [0, 0.1) is 17.8 Å². The zero-order valence-electron chi connectivity index (χ0n) is 17.4. The molecule has 2 unspecified atom stereocenters. The largest absolute Gasteiger partial charge is 0.460 e. The number of esters is 2. The summed E-state index contributed by atoms with van der Waals surface area (Å²) >= 11 is 0. The maximum absolute atomic E-state index is 12.6. The van der Waals surface area contributed by atoms with Gasteiger partial charge >= 0.3 is 11.9 Å². The second-order valence-corrected chi connectivity index (χ2v) is 7.22. The number of carbonyl (C=O) groups excluding carboxylic acids is 4. The van der Waals surface area contributed by atoms with Gasteiger partial charge < -0.3 is 9.47 Å². The van der Waals surface area contributed by atoms with Gasteiger partial charge in [0.25, 0.3) is 0 Å². The van der Waals surface area contributed by atoms with E-state index < -0.39 is 41.3 Å². The van der Waals surface area contributed by atoms with E-state index >= 15 is 0 Å². The summed E-state index contributed by atoms with van der Waals surface area (Å²) in [6.45, 7) is 4.01. The van der Waals surface area contributed by atoms with E-state index in [1.54, 1.807) is 24.3 Å². The maximum atomic E-state index is 12.6. The molecule has 0 aliphatic rings. The fraction of sp³-hybridized carbons (Fsp3) is 0.333. The Labute approximate surface area is 176 Å². The minimum Gasteiger partial charge on any atom is -0.460 e. The maximum Gasteiger partial charge on any atom is 0.317 e. The van der Waals surface area contributed by atoms with Gasteiger partial charge in [-0.2, -0.15) is 0 Å². The van der Waals surface area contributed by atoms with E-state index in [-0.39, 0.29) is 13.2 Å². The molecular weight excluding hydrogens is 384 g/mol. The van der Waals surface area contributed by atoms with E-state index in [9.17, 15) is 19.2 Å². The van der Waals surface area contributed by atoms with Crippen LogP contribution < -0.4 is 0 Å². The highest BCUT2D eigenvalue weighted by atomic mass is 16.5. The highest BCUT2D eigenvalue weighted by Gasteiger charge is 2.41. The summed E-state index contributed by atoms with van der Waals surface area (Å²) in [5.41, 5.74) is 1.54. The molecule has 0 aliphatic carbocycles. The molecule has 158 valence electrons. The van der Waals surface area contributed by atoms with Crippen LogP contribution in [-0.2, 0) is 41.9 Å². The van der Waals surface area contributed by atoms with Crippen molar-refractivity contribution < 1.29 is 28.7 Å². The Kier molecular flexibility index (Phi) is 8.47. The van der Waals surface area contributed by atoms with E-state index in [0.717, 1.165) is 11.1 Å². The molecule has 0 saturated heterocycles. The first-order chi connectivity index (χ1) is 14.3. The van der Waals surface area contributed by atoms with Gasteiger partial charge in [0.2, 0.25) is 0 Å². The van der Waals surface area contributed by atoms with Crippen molar-refractivity contribution in [3.8, 4) is 0 Å². The van der Waals surface area contributed by atoms with Gasteiger partial charge in [-0.15, -0.1) is 0 Å². The summed E-state index contributed by atoms with van der Waals surface area (Å²) in [6, 6.07) is 18.1. The summed E-state index contributed by atoms with van der Waals surface area (Å²) in [6.07, 6.45) is 0. The van der Waals surface area contributed by atoms with E-state index in [4.69, 9.17) is 9.47 Å². The Balaban J connectivity index is 2.09. The average molecular weight is 410 g/mol. The molecule has 2 rings (SSSR count). The van der Waals surface area contributed by atoms with Crippen LogP contribution >= 0.6 is 0 Å². The molecule has 2 aromatic rings. The second-order valence-electron chi connectivity index (χ2n) is 7.22. The SMILES string of the molecule is CC(=O)C(C(=O)OCc1ccccc1)C(C)C(C(C)=O)C(=O)OCc1ccccc1. The van der Waals surface area contributed by atoms with Gasteiger partial charge in [-0.3, -0.25) is 19.2 Å². The van der Waals surface area contributed by atoms with E-state index in [0.29, 0.717) is 0 Å². The van der Waals surface area contributed by atoms with Crippen LogP contribution in [0.4, 0.5) is 0 Å². The smallest absolute Gasteiger partial charge is 0.317 e. The molecule has 2 aromatic carbocycles. The van der Waals surface area contributed by atoms with Crippen molar-refractivity contribution in [3.05, 3.63) is 71.8 Å². The lowest BCUT2D eigenvalue weighted by atomic mass is 9.79. The third-order valence-electron chi connectivity index (χ3n) is 4.88. The Morgan fingerprint density at radius 3 is 1.30 bits per heavy atom. The van der Waals surface area contributed by atoms with Gasteiger partial charge in [0.1, 0.15) is 36.6 Å². The molecule has 6 heteroatoms. The first-order valence-electron chi connectivity index (χ1n) is 9.73. The van der Waals surface area contributed by atoms with Crippen LogP contribution in [0.2, 0.25) is 0 Å². The molecule has 6 nitrogen and oxygen atoms in total. The Morgan fingerprint density at radius 1 is 0.667 bits per heavy atom. The quantitative estimate of drug-likeness (QED) is 0.440. The van der Waals surface area contributed by atoms with Crippen molar-refractivity contribution in [2.75, 3.05) is 0 Å². The Hall–Kier alpha value is -3.28. The molecule has 0 N–H and O–H groups in total. The van der Waals surface area contributed by atoms with Crippen molar-refractivity contribution >= 4 is 23.5 Å². The minimum absolute atomic E-state index is 0.000630. The lowest BCUT2D eigenvalue weighted by Gasteiger charge is -2.25. The van der Waals surface area contributed by atoms with Crippen LogP contribution in [0.5, 0.6) is 0 Å². The molecule has 2 atom stereocenters. The van der Waals surface area contributed by atoms with E-state index in [1.807, 2.05) is 36.4 Å². The highest BCUT2D eigenvalue weighted by molar-refractivity contribution is 6.02. The summed E-state index contributed by atoms with van der Waals surface area (Å²) in [7, 11) is 0. The number of ether oxygens (including phenoxy) is 2. The predicted molar refractivity (Wildman–Crippen MR) is 110 cm³/mol. The first kappa shape index (κ1) is 23.0. The second kappa shape index (κ2) is 11.0. The van der Waals surface area contributed by atoms with Crippen LogP contribution in [0.3, 0.4) is 0 Å². The molecular formula is C24H26O6. The number of carbonyl (C=O) groups is 4. The molecule has 0 bridgehead atoms. The zero-order valence-corrected chi connectivity index (χ0v) is 17.4. The molecule has 0 radical (unpaired) electrons. The minimum atomic E-state index is -1.24. The number of rotatable bonds is 10. The Morgan fingerprint density at radius 2 is 1.00 bits per heavy atom. The number of ketones is 2. The summed E-state index contributed by atoms with van der Waals surface area (Å²) in [5.74, 6) is -5.85. The van der Waals surface area contributed by atoms with Crippen molar-refractivity contribution in [2.45, 2.75) is 34.0 Å². The van der Waals surface area contributed by atoms with Crippen molar-refractivity contribution in [1.82, 2.24) is 0 Å². The summed E-state index contributed by atoms with van der Waals surface area (Å²) < 4.78 is 10.6. The van der Waals surface area contributed by atoms with Gasteiger partial charge in [0, 0.05) is 0 Å². The normalized spacial score (nSPS) is 13.6. The molecule has 0 aromatic heterocycles. The van der Waals surface area contributed by atoms with Crippen LogP contribution in [0.1, 0.15) is 31.9 Å². The number of benzene rings is 2. The number of hydrogen-bond donors (Lipinski definition) is 0. The molecule has 0 spiro atoms. The lowest BCUT2D eigenvalue weighted by molar-refractivity contribution is -0.161. The highest BCUT2D eigenvalue weighted by Crippen LogP contribution is 2.26. The summed E-state index contributed by atoms with van der Waals surface area (Å²) in [4.78, 5) is 49.6. The molecule has 30 heavy (non-hydrogen) atoms. The van der Waals surface area contributed by atoms with Gasteiger partial charge in [0.05, 0.1) is 0 Å². The average Bonchev–Trinajstić information content (AvgIpc) is 2.72. The standard InChI is InChI=1S/C24H26O6/c1-16(21(17(2)25)23(27)29-14-19-10-6-4-7-11-19)22(18(3)26)24(28)30-15-20-12-8-5-9-13-20/h4-13,16,21-22H,14-15H2,1-3H3. The summed E-state index contributed by atoms with van der Waals surface area (Å²) in [5, 5.41) is 0. The fourth-order valence-electron chi connectivity index (χ4n) is 3.33. The number of Topliss-reactive ketones (excluding diaryl/α,β-unsaturated/α-hetero) is 2. The van der Waals surface area contributed by atoms with Crippen LogP contribution in [-0.4, -0.2) is 23.5 Å². The van der Waals surface area contributed by atoms with Crippen LogP contribution in [0.25, 0.3) is 0 Å². The molecule has 0 aliphatic heterocycles. The fourth-order valence-corrected chi connectivity index (χ4v) is 3.33. The van der Waals surface area contributed by atoms with Crippen LogP contribution in [0.15, 0.2) is 60.7 Å². The van der Waals surface area contributed by atoms with E-state index in [2.05, 4.69) is 0 Å². The third-order valence-corrected chi connectivity index (χ3v) is 4.88. The zero-order chi connectivity index (χ0) is 22.1. The predicted octanol–water partition coefficient (Wildman–Crippen LogP) is 3.52. The topological polar surface area (TPSA) is 86.7 Å². The lowest BCUT2D eigenvalue weighted by Crippen LogP contribution is -2.40. The van der Waals surface area contributed by atoms with Gasteiger partial charge in [-0.1, -0.05) is 67.6 Å². The van der Waals surface area contributed by atoms with Crippen molar-refractivity contribution in [3.63, 3.8) is 0 Å². The molecule has 0 fully saturated rings. The van der Waals surface area contributed by atoms with Gasteiger partial charge in [-0.05, 0) is 30.9 Å². The molecule has 0 amide bonds. The molecule has 0 heterocycles. The Bertz CT molecular complexity index is 802.